The third kappa shape index (κ3) is 5.43. The zero-order valence-electron chi connectivity index (χ0n) is 14.4. The Morgan fingerprint density at radius 1 is 1.08 bits per heavy atom. The van der Waals surface area contributed by atoms with Gasteiger partial charge in [-0.1, -0.05) is 49.2 Å². The van der Waals surface area contributed by atoms with E-state index in [1.807, 2.05) is 24.3 Å². The number of carbonyl (C=O) groups is 1. The summed E-state index contributed by atoms with van der Waals surface area (Å²) in [5.41, 5.74) is 2.50. The first kappa shape index (κ1) is 19.7. The molecule has 6 heteroatoms. The molecule has 0 spiro atoms. The number of hydrogen-bond acceptors (Lipinski definition) is 2. The number of hydrogen-bond donors (Lipinski definition) is 2. The fraction of sp³-hybridized carbons (Fsp3) is 0.316. The lowest BCUT2D eigenvalue weighted by Gasteiger charge is -2.16. The fourth-order valence-electron chi connectivity index (χ4n) is 2.38. The molecule has 0 bridgehead atoms. The van der Waals surface area contributed by atoms with E-state index in [4.69, 9.17) is 23.2 Å². The van der Waals surface area contributed by atoms with Gasteiger partial charge in [0.2, 0.25) is 5.91 Å². The van der Waals surface area contributed by atoms with Crippen molar-refractivity contribution in [1.82, 2.24) is 5.32 Å². The third-order valence-electron chi connectivity index (χ3n) is 3.94. The minimum atomic E-state index is -0.538. The largest absolute Gasteiger partial charge is 0.325 e. The molecule has 0 aliphatic heterocycles. The number of rotatable bonds is 6. The number of anilines is 1. The molecule has 0 unspecified atom stereocenters. The van der Waals surface area contributed by atoms with E-state index in [-0.39, 0.29) is 23.5 Å². The molecule has 1 atom stereocenters. The van der Waals surface area contributed by atoms with E-state index in [0.29, 0.717) is 16.5 Å². The van der Waals surface area contributed by atoms with Gasteiger partial charge in [0.15, 0.2) is 0 Å². The Balaban J connectivity index is 1.92. The second-order valence-corrected chi connectivity index (χ2v) is 7.03. The van der Waals surface area contributed by atoms with Crippen molar-refractivity contribution in [1.29, 1.82) is 0 Å². The predicted octanol–water partition coefficient (Wildman–Crippen LogP) is 5.55. The molecule has 0 radical (unpaired) electrons. The van der Waals surface area contributed by atoms with E-state index >= 15 is 0 Å². The van der Waals surface area contributed by atoms with Gasteiger partial charge in [-0.25, -0.2) is 4.39 Å². The minimum absolute atomic E-state index is 0.0245. The monoisotopic (exact) mass is 382 g/mol. The van der Waals surface area contributed by atoms with Crippen molar-refractivity contribution in [2.45, 2.75) is 32.7 Å². The molecule has 0 saturated heterocycles. The van der Waals surface area contributed by atoms with Crippen LogP contribution in [0, 0.1) is 5.82 Å². The van der Waals surface area contributed by atoms with Gasteiger partial charge < -0.3 is 10.6 Å². The van der Waals surface area contributed by atoms with Crippen molar-refractivity contribution >= 4 is 34.8 Å². The van der Waals surface area contributed by atoms with E-state index in [1.165, 1.54) is 17.7 Å². The van der Waals surface area contributed by atoms with Gasteiger partial charge in [0.05, 0.1) is 11.6 Å². The summed E-state index contributed by atoms with van der Waals surface area (Å²) in [4.78, 5) is 12.1. The molecule has 3 nitrogen and oxygen atoms in total. The highest BCUT2D eigenvalue weighted by Crippen LogP contribution is 2.28. The summed E-state index contributed by atoms with van der Waals surface area (Å²) in [5.74, 6) is -0.282. The maximum Gasteiger partial charge on any atom is 0.238 e. The van der Waals surface area contributed by atoms with E-state index in [1.54, 1.807) is 6.92 Å². The summed E-state index contributed by atoms with van der Waals surface area (Å²) < 4.78 is 13.6. The maximum atomic E-state index is 13.6. The summed E-state index contributed by atoms with van der Waals surface area (Å²) in [6.07, 6.45) is 0. The Bertz CT molecular complexity index is 748. The minimum Gasteiger partial charge on any atom is -0.325 e. The third-order valence-corrected chi connectivity index (χ3v) is 4.55. The van der Waals surface area contributed by atoms with Gasteiger partial charge in [0.25, 0.3) is 0 Å². The lowest BCUT2D eigenvalue weighted by Crippen LogP contribution is -2.30. The first-order chi connectivity index (χ1) is 11.8. The molecule has 0 heterocycles. The summed E-state index contributed by atoms with van der Waals surface area (Å²) in [6, 6.07) is 10.1. The van der Waals surface area contributed by atoms with Crippen LogP contribution < -0.4 is 10.6 Å². The molecular weight excluding hydrogens is 362 g/mol. The Hall–Kier alpha value is -1.62. The predicted molar refractivity (Wildman–Crippen MR) is 102 cm³/mol. The molecule has 2 aromatic carbocycles. The van der Waals surface area contributed by atoms with Crippen LogP contribution in [0.25, 0.3) is 0 Å². The lowest BCUT2D eigenvalue weighted by molar-refractivity contribution is -0.115. The molecule has 1 amide bonds. The van der Waals surface area contributed by atoms with Crippen LogP contribution in [0.4, 0.5) is 10.1 Å². The molecule has 25 heavy (non-hydrogen) atoms. The average molecular weight is 383 g/mol. The summed E-state index contributed by atoms with van der Waals surface area (Å²) in [7, 11) is 0. The number of halogens is 3. The van der Waals surface area contributed by atoms with Crippen molar-refractivity contribution < 1.29 is 9.18 Å². The Kier molecular flexibility index (Phi) is 6.82. The number of carbonyl (C=O) groups excluding carboxylic acids is 1. The normalized spacial score (nSPS) is 12.3. The Morgan fingerprint density at radius 3 is 2.32 bits per heavy atom. The van der Waals surface area contributed by atoms with E-state index in [0.717, 1.165) is 5.69 Å². The first-order valence-electron chi connectivity index (χ1n) is 8.05. The molecule has 0 aliphatic carbocycles. The van der Waals surface area contributed by atoms with Gasteiger partial charge in [-0.15, -0.1) is 0 Å². The Labute approximate surface area is 157 Å². The smallest absolute Gasteiger partial charge is 0.238 e. The summed E-state index contributed by atoms with van der Waals surface area (Å²) in [6.45, 7) is 6.11. The van der Waals surface area contributed by atoms with Crippen LogP contribution in [0.15, 0.2) is 36.4 Å². The van der Waals surface area contributed by atoms with Crippen LogP contribution in [0.2, 0.25) is 10.0 Å². The van der Waals surface area contributed by atoms with Crippen molar-refractivity contribution in [2.24, 2.45) is 0 Å². The maximum absolute atomic E-state index is 13.6. The zero-order valence-corrected chi connectivity index (χ0v) is 15.9. The number of benzene rings is 2. The topological polar surface area (TPSA) is 41.1 Å². The Morgan fingerprint density at radius 2 is 1.72 bits per heavy atom. The van der Waals surface area contributed by atoms with Crippen LogP contribution in [0.3, 0.4) is 0 Å². The van der Waals surface area contributed by atoms with Crippen molar-refractivity contribution in [3.63, 3.8) is 0 Å². The van der Waals surface area contributed by atoms with Crippen LogP contribution in [0.1, 0.15) is 43.9 Å². The van der Waals surface area contributed by atoms with Crippen molar-refractivity contribution in [2.75, 3.05) is 11.9 Å². The molecule has 0 aromatic heterocycles. The molecule has 134 valence electrons. The van der Waals surface area contributed by atoms with Crippen LogP contribution >= 0.6 is 23.2 Å². The van der Waals surface area contributed by atoms with Crippen LogP contribution in [-0.4, -0.2) is 12.5 Å². The van der Waals surface area contributed by atoms with Crippen molar-refractivity contribution in [3.05, 3.63) is 63.4 Å². The highest BCUT2D eigenvalue weighted by atomic mass is 35.5. The van der Waals surface area contributed by atoms with E-state index < -0.39 is 5.82 Å². The average Bonchev–Trinajstić information content (AvgIpc) is 2.56. The SMILES string of the molecule is CC(C)c1ccc(NC(=O)CN[C@H](C)c2cc(F)c(Cl)cc2Cl)cc1. The van der Waals surface area contributed by atoms with E-state index in [9.17, 15) is 9.18 Å². The zero-order chi connectivity index (χ0) is 18.6. The fourth-order valence-corrected chi connectivity index (χ4v) is 2.93. The lowest BCUT2D eigenvalue weighted by atomic mass is 10.0. The number of nitrogens with one attached hydrogen (secondary N) is 2. The second kappa shape index (κ2) is 8.65. The molecule has 2 aromatic rings. The highest BCUT2D eigenvalue weighted by molar-refractivity contribution is 6.35. The van der Waals surface area contributed by atoms with Crippen LogP contribution in [-0.2, 0) is 4.79 Å². The molecule has 2 N–H and O–H groups in total. The first-order valence-corrected chi connectivity index (χ1v) is 8.81. The summed E-state index contributed by atoms with van der Waals surface area (Å²) >= 11 is 11.8. The number of amides is 1. The summed E-state index contributed by atoms with van der Waals surface area (Å²) in [5, 5.41) is 6.18. The van der Waals surface area contributed by atoms with Crippen molar-refractivity contribution in [3.8, 4) is 0 Å². The quantitative estimate of drug-likeness (QED) is 0.643. The van der Waals surface area contributed by atoms with Gasteiger partial charge in [0.1, 0.15) is 5.82 Å². The standard InChI is InChI=1S/C19H21Cl2FN2O/c1-11(2)13-4-6-14(7-5-13)24-19(25)10-23-12(3)15-8-18(22)17(21)9-16(15)20/h4-9,11-12,23H,10H2,1-3H3,(H,24,25)/t12-/m1/s1. The van der Waals surface area contributed by atoms with Crippen LogP contribution in [0.5, 0.6) is 0 Å². The molecule has 2 rings (SSSR count). The van der Waals surface area contributed by atoms with Gasteiger partial charge >= 0.3 is 0 Å². The van der Waals surface area contributed by atoms with Gasteiger partial charge in [-0.3, -0.25) is 4.79 Å². The molecule has 0 saturated carbocycles. The highest BCUT2D eigenvalue weighted by Gasteiger charge is 2.14. The molecular formula is C19H21Cl2FN2O. The van der Waals surface area contributed by atoms with E-state index in [2.05, 4.69) is 24.5 Å². The molecule has 0 fully saturated rings. The second-order valence-electron chi connectivity index (χ2n) is 6.22. The van der Waals surface area contributed by atoms with Gasteiger partial charge in [-0.05, 0) is 48.2 Å². The van der Waals surface area contributed by atoms with Gasteiger partial charge in [0, 0.05) is 16.8 Å². The molecule has 0 aliphatic rings. The van der Waals surface area contributed by atoms with Gasteiger partial charge in [-0.2, -0.15) is 0 Å².